The highest BCUT2D eigenvalue weighted by atomic mass is 19.3. The van der Waals surface area contributed by atoms with Crippen LogP contribution in [0.15, 0.2) is 33.9 Å². The summed E-state index contributed by atoms with van der Waals surface area (Å²) >= 11 is 0. The van der Waals surface area contributed by atoms with Crippen LogP contribution in [-0.4, -0.2) is 39.5 Å². The summed E-state index contributed by atoms with van der Waals surface area (Å²) in [5, 5.41) is 0.313. The number of para-hydroxylation sites is 1. The Hall–Kier alpha value is -2.51. The van der Waals surface area contributed by atoms with E-state index in [1.807, 2.05) is 0 Å². The van der Waals surface area contributed by atoms with E-state index in [4.69, 9.17) is 0 Å². The summed E-state index contributed by atoms with van der Waals surface area (Å²) in [6.45, 7) is 2.73. The minimum Gasteiger partial charge on any atom is -0.335 e. The Morgan fingerprint density at radius 3 is 2.44 bits per heavy atom. The zero-order valence-corrected chi connectivity index (χ0v) is 14.2. The van der Waals surface area contributed by atoms with E-state index in [-0.39, 0.29) is 19.6 Å². The molecule has 0 unspecified atom stereocenters. The van der Waals surface area contributed by atoms with Crippen molar-refractivity contribution in [2.24, 2.45) is 0 Å². The molecule has 25 heavy (non-hydrogen) atoms. The molecule has 0 aliphatic heterocycles. The molecule has 0 atom stereocenters. The van der Waals surface area contributed by atoms with Crippen molar-refractivity contribution in [3.8, 4) is 0 Å². The molecule has 0 saturated carbocycles. The minimum absolute atomic E-state index is 0.159. The van der Waals surface area contributed by atoms with Crippen LogP contribution in [0.3, 0.4) is 0 Å². The van der Waals surface area contributed by atoms with Crippen LogP contribution in [0.1, 0.15) is 20.3 Å². The molecular weight excluding hydrogens is 332 g/mol. The minimum atomic E-state index is -2.64. The third kappa shape index (κ3) is 3.94. The Labute approximate surface area is 143 Å². The van der Waals surface area contributed by atoms with Crippen LogP contribution in [-0.2, 0) is 17.9 Å². The molecule has 0 saturated heterocycles. The van der Waals surface area contributed by atoms with Crippen molar-refractivity contribution in [2.45, 2.75) is 39.8 Å². The van der Waals surface area contributed by atoms with Crippen molar-refractivity contribution in [3.05, 3.63) is 45.1 Å². The van der Waals surface area contributed by atoms with E-state index in [0.717, 1.165) is 9.47 Å². The maximum Gasteiger partial charge on any atom is 0.331 e. The third-order valence-electron chi connectivity index (χ3n) is 3.95. The maximum atomic E-state index is 12.7. The number of hydrogen-bond donors (Lipinski definition) is 0. The van der Waals surface area contributed by atoms with Gasteiger partial charge in [0.15, 0.2) is 0 Å². The molecular formula is C17H21F2N3O3. The zero-order valence-electron chi connectivity index (χ0n) is 14.2. The quantitative estimate of drug-likeness (QED) is 0.761. The molecule has 2 aromatic rings. The number of halogens is 2. The summed E-state index contributed by atoms with van der Waals surface area (Å²) in [6.07, 6.45) is -2.11. The monoisotopic (exact) mass is 353 g/mol. The first-order valence-electron chi connectivity index (χ1n) is 8.19. The maximum absolute atomic E-state index is 12.7. The molecule has 1 heterocycles. The molecule has 1 amide bonds. The van der Waals surface area contributed by atoms with Gasteiger partial charge in [0.25, 0.3) is 12.0 Å². The summed E-state index contributed by atoms with van der Waals surface area (Å²) in [6, 6.07) is 6.47. The van der Waals surface area contributed by atoms with E-state index in [2.05, 4.69) is 0 Å². The fraction of sp³-hybridized carbons (Fsp3) is 0.471. The average molecular weight is 353 g/mol. The molecule has 1 aromatic carbocycles. The fourth-order valence-electron chi connectivity index (χ4n) is 2.79. The number of carbonyl (C=O) groups excluding carboxylic acids is 1. The van der Waals surface area contributed by atoms with Gasteiger partial charge in [-0.2, -0.15) is 0 Å². The standard InChI is InChI=1S/C17H21F2N3O3/c1-3-9-20(10-14(18)19)15(23)11-22-13-8-6-5-7-12(13)16(24)21(4-2)17(22)25/h5-8,14H,3-4,9-11H2,1-2H3. The van der Waals surface area contributed by atoms with Gasteiger partial charge in [0.1, 0.15) is 6.54 Å². The molecule has 2 rings (SSSR count). The predicted octanol–water partition coefficient (Wildman–Crippen LogP) is 1.69. The highest BCUT2D eigenvalue weighted by Gasteiger charge is 2.20. The lowest BCUT2D eigenvalue weighted by atomic mass is 10.2. The number of benzene rings is 1. The lowest BCUT2D eigenvalue weighted by Gasteiger charge is -2.22. The van der Waals surface area contributed by atoms with Gasteiger partial charge in [-0.25, -0.2) is 13.6 Å². The van der Waals surface area contributed by atoms with Crippen molar-refractivity contribution in [3.63, 3.8) is 0 Å². The number of aromatic nitrogens is 2. The van der Waals surface area contributed by atoms with E-state index in [1.165, 1.54) is 4.57 Å². The molecule has 0 N–H and O–H groups in total. The number of carbonyl (C=O) groups is 1. The number of alkyl halides is 2. The van der Waals surface area contributed by atoms with E-state index < -0.39 is 30.1 Å². The number of amides is 1. The van der Waals surface area contributed by atoms with Crippen LogP contribution in [0.5, 0.6) is 0 Å². The average Bonchev–Trinajstić information content (AvgIpc) is 2.58. The molecule has 0 aliphatic rings. The predicted molar refractivity (Wildman–Crippen MR) is 91.0 cm³/mol. The molecule has 1 aromatic heterocycles. The van der Waals surface area contributed by atoms with Gasteiger partial charge in [0, 0.05) is 13.1 Å². The Morgan fingerprint density at radius 2 is 1.84 bits per heavy atom. The topological polar surface area (TPSA) is 64.3 Å². The zero-order chi connectivity index (χ0) is 18.6. The lowest BCUT2D eigenvalue weighted by Crippen LogP contribution is -2.44. The van der Waals surface area contributed by atoms with Gasteiger partial charge in [0.05, 0.1) is 17.4 Å². The summed E-state index contributed by atoms with van der Waals surface area (Å²) in [5.74, 6) is -0.573. The Morgan fingerprint density at radius 1 is 1.16 bits per heavy atom. The highest BCUT2D eigenvalue weighted by molar-refractivity contribution is 5.81. The second-order valence-electron chi connectivity index (χ2n) is 5.67. The second-order valence-corrected chi connectivity index (χ2v) is 5.67. The highest BCUT2D eigenvalue weighted by Crippen LogP contribution is 2.09. The first kappa shape index (κ1) is 18.8. The summed E-state index contributed by atoms with van der Waals surface area (Å²) in [5.41, 5.74) is -0.720. The SMILES string of the molecule is CCCN(CC(F)F)C(=O)Cn1c(=O)n(CC)c(=O)c2ccccc21. The van der Waals surface area contributed by atoms with Gasteiger partial charge in [-0.3, -0.25) is 18.7 Å². The number of fused-ring (bicyclic) bond motifs is 1. The van der Waals surface area contributed by atoms with Crippen LogP contribution in [0.2, 0.25) is 0 Å². The van der Waals surface area contributed by atoms with E-state index in [0.29, 0.717) is 17.3 Å². The Kier molecular flexibility index (Phi) is 6.06. The largest absolute Gasteiger partial charge is 0.335 e. The van der Waals surface area contributed by atoms with Crippen molar-refractivity contribution in [2.75, 3.05) is 13.1 Å². The van der Waals surface area contributed by atoms with Crippen LogP contribution >= 0.6 is 0 Å². The molecule has 0 spiro atoms. The summed E-state index contributed by atoms with van der Waals surface area (Å²) < 4.78 is 27.6. The molecule has 136 valence electrons. The van der Waals surface area contributed by atoms with Crippen LogP contribution in [0, 0.1) is 0 Å². The van der Waals surface area contributed by atoms with Gasteiger partial charge in [0.2, 0.25) is 5.91 Å². The number of hydrogen-bond acceptors (Lipinski definition) is 3. The van der Waals surface area contributed by atoms with E-state index in [1.54, 1.807) is 38.1 Å². The van der Waals surface area contributed by atoms with Gasteiger partial charge in [-0.15, -0.1) is 0 Å². The summed E-state index contributed by atoms with van der Waals surface area (Å²) in [4.78, 5) is 38.4. The molecule has 0 aliphatic carbocycles. The number of nitrogens with zero attached hydrogens (tertiary/aromatic N) is 3. The molecule has 0 bridgehead atoms. The van der Waals surface area contributed by atoms with Crippen molar-refractivity contribution >= 4 is 16.8 Å². The fourth-order valence-corrected chi connectivity index (χ4v) is 2.79. The van der Waals surface area contributed by atoms with Crippen LogP contribution < -0.4 is 11.2 Å². The molecule has 8 heteroatoms. The second kappa shape index (κ2) is 8.04. The van der Waals surface area contributed by atoms with Crippen molar-refractivity contribution < 1.29 is 13.6 Å². The lowest BCUT2D eigenvalue weighted by molar-refractivity contribution is -0.133. The third-order valence-corrected chi connectivity index (χ3v) is 3.95. The first-order valence-corrected chi connectivity index (χ1v) is 8.19. The van der Waals surface area contributed by atoms with Crippen molar-refractivity contribution in [1.29, 1.82) is 0 Å². The molecule has 6 nitrogen and oxygen atoms in total. The van der Waals surface area contributed by atoms with Crippen LogP contribution in [0.4, 0.5) is 8.78 Å². The van der Waals surface area contributed by atoms with Gasteiger partial charge in [-0.1, -0.05) is 19.1 Å². The summed E-state index contributed by atoms with van der Waals surface area (Å²) in [7, 11) is 0. The van der Waals surface area contributed by atoms with Crippen molar-refractivity contribution in [1.82, 2.24) is 14.0 Å². The Balaban J connectivity index is 2.52. The smallest absolute Gasteiger partial charge is 0.331 e. The Bertz CT molecular complexity index is 874. The van der Waals surface area contributed by atoms with Gasteiger partial charge in [-0.05, 0) is 25.5 Å². The van der Waals surface area contributed by atoms with Gasteiger partial charge < -0.3 is 4.90 Å². The molecule has 0 radical (unpaired) electrons. The van der Waals surface area contributed by atoms with Gasteiger partial charge >= 0.3 is 5.69 Å². The number of rotatable bonds is 7. The van der Waals surface area contributed by atoms with E-state index >= 15 is 0 Å². The normalized spacial score (nSPS) is 11.2. The first-order chi connectivity index (χ1) is 11.9. The molecule has 0 fully saturated rings. The van der Waals surface area contributed by atoms with Crippen LogP contribution in [0.25, 0.3) is 10.9 Å². The van der Waals surface area contributed by atoms with E-state index in [9.17, 15) is 23.2 Å².